The quantitative estimate of drug-likeness (QED) is 0.793. The number of carbonyl (C=O) groups excluding carboxylic acids is 1. The topological polar surface area (TPSA) is 64.3 Å². The van der Waals surface area contributed by atoms with Crippen molar-refractivity contribution in [2.75, 3.05) is 30.4 Å². The van der Waals surface area contributed by atoms with Crippen LogP contribution in [0.4, 0.5) is 5.69 Å². The molecule has 1 fully saturated rings. The molecule has 1 heterocycles. The van der Waals surface area contributed by atoms with E-state index in [0.717, 1.165) is 12.3 Å². The number of amides is 1. The first-order valence-corrected chi connectivity index (χ1v) is 7.22. The van der Waals surface area contributed by atoms with Gasteiger partial charge in [-0.3, -0.25) is 4.79 Å². The maximum Gasteiger partial charge on any atom is 0.257 e. The van der Waals surface area contributed by atoms with Crippen LogP contribution in [0.15, 0.2) is 24.3 Å². The number of hydrogen-bond acceptors (Lipinski definition) is 4. The van der Waals surface area contributed by atoms with E-state index in [0.29, 0.717) is 17.4 Å². The third-order valence-corrected chi connectivity index (χ3v) is 4.07. The Morgan fingerprint density at radius 2 is 2.44 bits per heavy atom. The number of thioether (sulfide) groups is 1. The van der Waals surface area contributed by atoms with Crippen molar-refractivity contribution >= 4 is 23.4 Å². The number of anilines is 1. The van der Waals surface area contributed by atoms with Crippen LogP contribution in [0.5, 0.6) is 5.75 Å². The first-order valence-electron chi connectivity index (χ1n) is 6.07. The Hall–Kier alpha value is -1.36. The maximum absolute atomic E-state index is 11.6. The highest BCUT2D eigenvalue weighted by atomic mass is 32.2. The molecule has 18 heavy (non-hydrogen) atoms. The highest BCUT2D eigenvalue weighted by Crippen LogP contribution is 2.22. The second-order valence-corrected chi connectivity index (χ2v) is 5.54. The van der Waals surface area contributed by atoms with Gasteiger partial charge < -0.3 is 15.8 Å². The molecule has 0 aliphatic carbocycles. The van der Waals surface area contributed by atoms with Crippen molar-refractivity contribution in [3.8, 4) is 5.75 Å². The largest absolute Gasteiger partial charge is 0.484 e. The number of rotatable bonds is 5. The first-order chi connectivity index (χ1) is 8.74. The fraction of sp³-hybridized carbons (Fsp3) is 0.462. The Balaban J connectivity index is 1.68. The minimum Gasteiger partial charge on any atom is -0.484 e. The van der Waals surface area contributed by atoms with Gasteiger partial charge in [-0.1, -0.05) is 6.07 Å². The monoisotopic (exact) mass is 266 g/mol. The lowest BCUT2D eigenvalue weighted by Crippen LogP contribution is -2.33. The molecule has 1 aliphatic heterocycles. The summed E-state index contributed by atoms with van der Waals surface area (Å²) in [6, 6.07) is 7.08. The van der Waals surface area contributed by atoms with Crippen molar-refractivity contribution in [2.24, 2.45) is 5.92 Å². The number of benzene rings is 1. The zero-order valence-electron chi connectivity index (χ0n) is 10.2. The smallest absolute Gasteiger partial charge is 0.257 e. The molecule has 1 aliphatic rings. The highest BCUT2D eigenvalue weighted by Gasteiger charge is 2.16. The van der Waals surface area contributed by atoms with Gasteiger partial charge in [0.1, 0.15) is 5.75 Å². The van der Waals surface area contributed by atoms with Gasteiger partial charge in [0.15, 0.2) is 6.61 Å². The molecule has 1 aromatic rings. The van der Waals surface area contributed by atoms with Crippen molar-refractivity contribution in [3.63, 3.8) is 0 Å². The molecule has 1 unspecified atom stereocenters. The lowest BCUT2D eigenvalue weighted by Gasteiger charge is -2.11. The second-order valence-electron chi connectivity index (χ2n) is 4.39. The molecule has 3 N–H and O–H groups in total. The zero-order valence-corrected chi connectivity index (χ0v) is 11.0. The maximum atomic E-state index is 11.6. The third-order valence-electron chi connectivity index (χ3n) is 2.84. The summed E-state index contributed by atoms with van der Waals surface area (Å²) >= 11 is 1.95. The van der Waals surface area contributed by atoms with E-state index in [4.69, 9.17) is 10.5 Å². The van der Waals surface area contributed by atoms with Crippen LogP contribution in [0.2, 0.25) is 0 Å². The van der Waals surface area contributed by atoms with Crippen LogP contribution >= 0.6 is 11.8 Å². The summed E-state index contributed by atoms with van der Waals surface area (Å²) in [4.78, 5) is 11.6. The molecule has 1 amide bonds. The van der Waals surface area contributed by atoms with Gasteiger partial charge in [-0.2, -0.15) is 11.8 Å². The number of nitrogens with one attached hydrogen (secondary N) is 1. The second kappa shape index (κ2) is 6.54. The summed E-state index contributed by atoms with van der Waals surface area (Å²) in [6.07, 6.45) is 1.20. The lowest BCUT2D eigenvalue weighted by atomic mass is 10.1. The van der Waals surface area contributed by atoms with Gasteiger partial charge in [0.05, 0.1) is 0 Å². The molecular formula is C13H18N2O2S. The molecule has 4 nitrogen and oxygen atoms in total. The van der Waals surface area contributed by atoms with Gasteiger partial charge in [-0.05, 0) is 36.0 Å². The number of nitrogens with two attached hydrogens (primary N) is 1. The summed E-state index contributed by atoms with van der Waals surface area (Å²) < 4.78 is 5.37. The van der Waals surface area contributed by atoms with Crippen molar-refractivity contribution in [1.29, 1.82) is 0 Å². The van der Waals surface area contributed by atoms with Crippen LogP contribution in [0.3, 0.4) is 0 Å². The van der Waals surface area contributed by atoms with Crippen LogP contribution in [-0.4, -0.2) is 30.6 Å². The number of nitrogen functional groups attached to an aromatic ring is 1. The minimum absolute atomic E-state index is 0.0450. The zero-order chi connectivity index (χ0) is 12.8. The summed E-state index contributed by atoms with van der Waals surface area (Å²) in [7, 11) is 0. The fourth-order valence-electron chi connectivity index (χ4n) is 1.81. The van der Waals surface area contributed by atoms with E-state index in [1.165, 1.54) is 12.2 Å². The van der Waals surface area contributed by atoms with E-state index in [2.05, 4.69) is 5.32 Å². The molecule has 5 heteroatoms. The fourth-order valence-corrected chi connectivity index (χ4v) is 3.09. The van der Waals surface area contributed by atoms with Crippen LogP contribution < -0.4 is 15.8 Å². The van der Waals surface area contributed by atoms with Crippen LogP contribution in [0.25, 0.3) is 0 Å². The van der Waals surface area contributed by atoms with E-state index in [-0.39, 0.29) is 12.5 Å². The average molecular weight is 266 g/mol. The van der Waals surface area contributed by atoms with Crippen LogP contribution in [0, 0.1) is 5.92 Å². The molecule has 2 rings (SSSR count). The van der Waals surface area contributed by atoms with E-state index in [1.54, 1.807) is 24.3 Å². The molecule has 1 atom stereocenters. The summed E-state index contributed by atoms with van der Waals surface area (Å²) in [5.74, 6) is 3.53. The summed E-state index contributed by atoms with van der Waals surface area (Å²) in [5.41, 5.74) is 6.26. The van der Waals surface area contributed by atoms with Gasteiger partial charge in [-0.15, -0.1) is 0 Å². The Kier molecular flexibility index (Phi) is 4.75. The van der Waals surface area contributed by atoms with Gasteiger partial charge in [-0.25, -0.2) is 0 Å². The molecule has 1 aromatic carbocycles. The standard InChI is InChI=1S/C13H18N2O2S/c14-11-2-1-3-12(6-11)17-8-13(16)15-7-10-4-5-18-9-10/h1-3,6,10H,4-5,7-9,14H2,(H,15,16). The Bertz CT molecular complexity index is 406. The van der Waals surface area contributed by atoms with Crippen molar-refractivity contribution < 1.29 is 9.53 Å². The SMILES string of the molecule is Nc1cccc(OCC(=O)NCC2CCSC2)c1. The molecule has 1 saturated heterocycles. The van der Waals surface area contributed by atoms with Crippen molar-refractivity contribution in [1.82, 2.24) is 5.32 Å². The predicted molar refractivity (Wildman–Crippen MR) is 74.8 cm³/mol. The molecule has 0 aromatic heterocycles. The number of ether oxygens (including phenoxy) is 1. The van der Waals surface area contributed by atoms with E-state index in [1.807, 2.05) is 11.8 Å². The van der Waals surface area contributed by atoms with Gasteiger partial charge in [0, 0.05) is 18.3 Å². The van der Waals surface area contributed by atoms with Gasteiger partial charge >= 0.3 is 0 Å². The minimum atomic E-state index is -0.0747. The van der Waals surface area contributed by atoms with Crippen molar-refractivity contribution in [2.45, 2.75) is 6.42 Å². The van der Waals surface area contributed by atoms with E-state index in [9.17, 15) is 4.79 Å². The Morgan fingerprint density at radius 3 is 3.17 bits per heavy atom. The molecule has 98 valence electrons. The van der Waals surface area contributed by atoms with Crippen molar-refractivity contribution in [3.05, 3.63) is 24.3 Å². The number of carbonyl (C=O) groups is 1. The average Bonchev–Trinajstić information content (AvgIpc) is 2.87. The van der Waals surface area contributed by atoms with E-state index >= 15 is 0 Å². The predicted octanol–water partition coefficient (Wildman–Crippen LogP) is 1.52. The highest BCUT2D eigenvalue weighted by molar-refractivity contribution is 7.99. The van der Waals surface area contributed by atoms with Crippen LogP contribution in [0.1, 0.15) is 6.42 Å². The summed E-state index contributed by atoms with van der Waals surface area (Å²) in [5, 5.41) is 2.90. The molecule has 0 radical (unpaired) electrons. The van der Waals surface area contributed by atoms with Gasteiger partial charge in [0.25, 0.3) is 5.91 Å². The molecule has 0 bridgehead atoms. The third kappa shape index (κ3) is 4.14. The van der Waals surface area contributed by atoms with Gasteiger partial charge in [0.2, 0.25) is 0 Å². The Labute approximate surface area is 111 Å². The Morgan fingerprint density at radius 1 is 1.56 bits per heavy atom. The van der Waals surface area contributed by atoms with E-state index < -0.39 is 0 Å². The number of hydrogen-bond donors (Lipinski definition) is 2. The first kappa shape index (κ1) is 13.1. The molecular weight excluding hydrogens is 248 g/mol. The van der Waals surface area contributed by atoms with Crippen LogP contribution in [-0.2, 0) is 4.79 Å². The summed E-state index contributed by atoms with van der Waals surface area (Å²) in [6.45, 7) is 0.801. The normalized spacial score (nSPS) is 18.6. The molecule has 0 saturated carbocycles. The molecule has 0 spiro atoms. The lowest BCUT2D eigenvalue weighted by molar-refractivity contribution is -0.123.